The number of fused-ring (bicyclic) bond motifs is 2. The number of likely N-dealkylation sites (tertiary alicyclic amines) is 1. The molecule has 0 radical (unpaired) electrons. The van der Waals surface area contributed by atoms with Crippen molar-refractivity contribution in [2.24, 2.45) is 11.8 Å². The van der Waals surface area contributed by atoms with Gasteiger partial charge in [0.05, 0.1) is 23.7 Å². The molecule has 10 heteroatoms. The van der Waals surface area contributed by atoms with Crippen molar-refractivity contribution in [3.8, 4) is 0 Å². The van der Waals surface area contributed by atoms with E-state index < -0.39 is 7.14 Å². The Hall–Kier alpha value is -2.62. The highest BCUT2D eigenvalue weighted by molar-refractivity contribution is 7.70. The fourth-order valence-electron chi connectivity index (χ4n) is 6.18. The van der Waals surface area contributed by atoms with Gasteiger partial charge in [0, 0.05) is 35.1 Å². The summed E-state index contributed by atoms with van der Waals surface area (Å²) in [6, 6.07) is 12.6. The number of benzene rings is 2. The van der Waals surface area contributed by atoms with Crippen molar-refractivity contribution in [1.29, 1.82) is 0 Å². The molecule has 2 heterocycles. The number of aryl methyl sites for hydroxylation is 2. The summed E-state index contributed by atoms with van der Waals surface area (Å²) >= 11 is 12.6. The predicted molar refractivity (Wildman–Crippen MR) is 160 cm³/mol. The summed E-state index contributed by atoms with van der Waals surface area (Å²) in [5, 5.41) is 8.09. The highest BCUT2D eigenvalue weighted by Gasteiger charge is 2.62. The van der Waals surface area contributed by atoms with Gasteiger partial charge in [-0.2, -0.15) is 4.98 Å². The highest BCUT2D eigenvalue weighted by atomic mass is 35.5. The van der Waals surface area contributed by atoms with Crippen LogP contribution in [0, 0.1) is 18.4 Å². The number of anilines is 4. The topological polar surface area (TPSA) is 74.5 Å². The number of rotatable bonds is 6. The standard InChI is InChI=1S/C29H31Cl2N6OP/c1-32-27-22-15-37(16-23(22)27)21-9-5-17-4-8-20(12-18(17)6-10-21)34-29-33-14-24(31)28(36-29)35-25-11-7-19(30)13-26(25)39(2,3)38/h4,7-8,11-14,21-23,27H,5-6,9-10,15-16H2,2-3H3,(H2,33,34,35,36)/t21-,22?,23?,27?/m0/s1. The number of piperidine rings is 1. The van der Waals surface area contributed by atoms with Crippen LogP contribution in [0.3, 0.4) is 0 Å². The van der Waals surface area contributed by atoms with E-state index in [0.29, 0.717) is 50.7 Å². The molecule has 39 heavy (non-hydrogen) atoms. The smallest absolute Gasteiger partial charge is 0.232 e. The lowest BCUT2D eigenvalue weighted by Gasteiger charge is -2.27. The third-order valence-electron chi connectivity index (χ3n) is 8.34. The zero-order valence-electron chi connectivity index (χ0n) is 22.0. The van der Waals surface area contributed by atoms with E-state index in [-0.39, 0.29) is 6.04 Å². The maximum absolute atomic E-state index is 12.9. The van der Waals surface area contributed by atoms with E-state index >= 15 is 0 Å². The zero-order valence-corrected chi connectivity index (χ0v) is 24.4. The van der Waals surface area contributed by atoms with Crippen LogP contribution >= 0.6 is 30.3 Å². The minimum atomic E-state index is -2.60. The molecule has 6 rings (SSSR count). The SMILES string of the molecule is [C-]#[N+]C1C2CN([C@H]3CCc4ccc(Nc5ncc(Cl)c(Nc6ccc(Cl)cc6P(C)(C)=O)n5)cc4CC3)CC21. The maximum atomic E-state index is 12.9. The van der Waals surface area contributed by atoms with Gasteiger partial charge in [-0.3, -0.25) is 4.90 Å². The average molecular weight is 581 g/mol. The predicted octanol–water partition coefficient (Wildman–Crippen LogP) is 6.62. The number of hydrogen-bond acceptors (Lipinski definition) is 6. The van der Waals surface area contributed by atoms with E-state index in [1.807, 2.05) is 0 Å². The van der Waals surface area contributed by atoms with Crippen LogP contribution in [0.25, 0.3) is 4.85 Å². The van der Waals surface area contributed by atoms with Gasteiger partial charge in [-0.1, -0.05) is 29.3 Å². The molecule has 0 spiro atoms. The van der Waals surface area contributed by atoms with Crippen molar-refractivity contribution in [2.75, 3.05) is 37.1 Å². The summed E-state index contributed by atoms with van der Waals surface area (Å²) in [5.74, 6) is 2.07. The summed E-state index contributed by atoms with van der Waals surface area (Å²) in [7, 11) is -2.60. The molecule has 1 saturated carbocycles. The summed E-state index contributed by atoms with van der Waals surface area (Å²) in [4.78, 5) is 15.4. The molecule has 7 nitrogen and oxygen atoms in total. The van der Waals surface area contributed by atoms with Gasteiger partial charge < -0.3 is 20.0 Å². The van der Waals surface area contributed by atoms with Crippen molar-refractivity contribution in [3.63, 3.8) is 0 Å². The van der Waals surface area contributed by atoms with E-state index in [9.17, 15) is 4.57 Å². The molecule has 2 unspecified atom stereocenters. The lowest BCUT2D eigenvalue weighted by molar-refractivity contribution is 0.199. The molecule has 0 amide bonds. The van der Waals surface area contributed by atoms with Crippen molar-refractivity contribution >= 4 is 58.8 Å². The normalized spacial score (nSPS) is 24.3. The van der Waals surface area contributed by atoms with Crippen molar-refractivity contribution in [2.45, 2.75) is 37.8 Å². The number of halogens is 2. The van der Waals surface area contributed by atoms with Crippen LogP contribution in [0.2, 0.25) is 10.0 Å². The summed E-state index contributed by atoms with van der Waals surface area (Å²) in [5.41, 5.74) is 4.36. The Labute approximate surface area is 239 Å². The maximum Gasteiger partial charge on any atom is 0.232 e. The largest absolute Gasteiger partial charge is 0.338 e. The van der Waals surface area contributed by atoms with Crippen LogP contribution in [0.15, 0.2) is 42.6 Å². The van der Waals surface area contributed by atoms with Gasteiger partial charge in [0.1, 0.15) is 12.2 Å². The number of nitrogens with one attached hydrogen (secondary N) is 2. The monoisotopic (exact) mass is 580 g/mol. The van der Waals surface area contributed by atoms with E-state index in [1.165, 1.54) is 17.5 Å². The summed E-state index contributed by atoms with van der Waals surface area (Å²) in [6.45, 7) is 12.9. The van der Waals surface area contributed by atoms with Gasteiger partial charge in [-0.05, 0) is 80.5 Å². The Morgan fingerprint density at radius 2 is 1.77 bits per heavy atom. The fraction of sp³-hybridized carbons (Fsp3) is 0.414. The molecule has 0 bridgehead atoms. The second-order valence-electron chi connectivity index (χ2n) is 11.3. The lowest BCUT2D eigenvalue weighted by Crippen LogP contribution is -2.36. The Morgan fingerprint density at radius 3 is 2.49 bits per heavy atom. The van der Waals surface area contributed by atoms with E-state index in [1.54, 1.807) is 37.7 Å². The molecule has 1 aromatic heterocycles. The first-order valence-electron chi connectivity index (χ1n) is 13.3. The first-order valence-corrected chi connectivity index (χ1v) is 16.7. The number of nitrogens with zero attached hydrogens (tertiary/aromatic N) is 4. The van der Waals surface area contributed by atoms with Gasteiger partial charge in [0.25, 0.3) is 0 Å². The summed E-state index contributed by atoms with van der Waals surface area (Å²) < 4.78 is 12.9. The Bertz CT molecular complexity index is 1510. The Kier molecular flexibility index (Phi) is 7.10. The van der Waals surface area contributed by atoms with Gasteiger partial charge >= 0.3 is 0 Å². The Balaban J connectivity index is 1.15. The van der Waals surface area contributed by atoms with Crippen molar-refractivity contribution < 1.29 is 4.57 Å². The number of hydrogen-bond donors (Lipinski definition) is 2. The first kappa shape index (κ1) is 26.6. The summed E-state index contributed by atoms with van der Waals surface area (Å²) in [6.07, 6.45) is 5.99. The molecule has 2 fully saturated rings. The molecular formula is C29H31Cl2N6OP. The molecule has 2 aromatic carbocycles. The van der Waals surface area contributed by atoms with Crippen molar-refractivity contribution in [1.82, 2.24) is 14.9 Å². The van der Waals surface area contributed by atoms with Crippen LogP contribution < -0.4 is 15.9 Å². The van der Waals surface area contributed by atoms with Gasteiger partial charge in [-0.25, -0.2) is 11.6 Å². The average Bonchev–Trinajstić information content (AvgIpc) is 3.46. The van der Waals surface area contributed by atoms with Crippen LogP contribution in [-0.4, -0.2) is 53.4 Å². The van der Waals surface area contributed by atoms with E-state index in [4.69, 9.17) is 29.8 Å². The molecule has 3 atom stereocenters. The fourth-order valence-corrected chi connectivity index (χ4v) is 7.73. The van der Waals surface area contributed by atoms with Gasteiger partial charge in [-0.15, -0.1) is 0 Å². The molecule has 1 aliphatic heterocycles. The van der Waals surface area contributed by atoms with E-state index in [2.05, 4.69) is 48.5 Å². The molecule has 202 valence electrons. The second-order valence-corrected chi connectivity index (χ2v) is 15.3. The van der Waals surface area contributed by atoms with Gasteiger partial charge in [0.2, 0.25) is 12.0 Å². The third-order valence-corrected chi connectivity index (χ3v) is 10.4. The highest BCUT2D eigenvalue weighted by Crippen LogP contribution is 2.49. The third kappa shape index (κ3) is 5.54. The lowest BCUT2D eigenvalue weighted by atomic mass is 10.0. The molecule has 2 aliphatic carbocycles. The van der Waals surface area contributed by atoms with E-state index in [0.717, 1.165) is 38.0 Å². The minimum Gasteiger partial charge on any atom is -0.338 e. The van der Waals surface area contributed by atoms with Crippen LogP contribution in [0.5, 0.6) is 0 Å². The first-order chi connectivity index (χ1) is 18.7. The minimum absolute atomic E-state index is 0.289. The molecule has 3 aromatic rings. The molecule has 2 N–H and O–H groups in total. The quantitative estimate of drug-likeness (QED) is 0.194. The van der Waals surface area contributed by atoms with Gasteiger partial charge in [0.15, 0.2) is 5.82 Å². The molecule has 1 saturated heterocycles. The van der Waals surface area contributed by atoms with Crippen LogP contribution in [-0.2, 0) is 17.4 Å². The zero-order chi connectivity index (χ0) is 27.3. The number of aromatic nitrogens is 2. The Morgan fingerprint density at radius 1 is 1.03 bits per heavy atom. The molecule has 3 aliphatic rings. The van der Waals surface area contributed by atoms with Crippen LogP contribution in [0.1, 0.15) is 24.0 Å². The van der Waals surface area contributed by atoms with Crippen molar-refractivity contribution in [3.05, 3.63) is 75.2 Å². The molecular weight excluding hydrogens is 550 g/mol. The second kappa shape index (κ2) is 10.4. The van der Waals surface area contributed by atoms with Crippen LogP contribution in [0.4, 0.5) is 23.1 Å².